The Kier molecular flexibility index (Phi) is 5.13. The van der Waals surface area contributed by atoms with E-state index in [4.69, 9.17) is 0 Å². The third kappa shape index (κ3) is 3.62. The summed E-state index contributed by atoms with van der Waals surface area (Å²) in [5, 5.41) is 5.73. The van der Waals surface area contributed by atoms with Gasteiger partial charge in [-0.05, 0) is 77.4 Å². The number of nitrogens with one attached hydrogen (secondary N) is 1. The molecule has 1 nitrogen and oxygen atoms in total. The van der Waals surface area contributed by atoms with Crippen molar-refractivity contribution < 1.29 is 0 Å². The van der Waals surface area contributed by atoms with Crippen molar-refractivity contribution in [1.82, 2.24) is 5.32 Å². The normalized spacial score (nSPS) is 26.4. The van der Waals surface area contributed by atoms with E-state index in [9.17, 15) is 0 Å². The minimum atomic E-state index is 0.476. The largest absolute Gasteiger partial charge is 0.312 e. The lowest BCUT2D eigenvalue weighted by Crippen LogP contribution is -2.32. The van der Waals surface area contributed by atoms with Crippen LogP contribution in [0.15, 0.2) is 15.9 Å². The average Bonchev–Trinajstić information content (AvgIpc) is 2.76. The molecule has 0 aliphatic heterocycles. The molecule has 1 aliphatic rings. The molecule has 1 aromatic heterocycles. The molecule has 0 spiro atoms. The third-order valence-corrected chi connectivity index (χ3v) is 6.66. The molecule has 1 aliphatic carbocycles. The van der Waals surface area contributed by atoms with Crippen molar-refractivity contribution in [1.29, 1.82) is 0 Å². The Balaban J connectivity index is 2.02. The van der Waals surface area contributed by atoms with Gasteiger partial charge in [0.1, 0.15) is 0 Å². The quantitative estimate of drug-likeness (QED) is 0.750. The van der Waals surface area contributed by atoms with Gasteiger partial charge in [-0.2, -0.15) is 0 Å². The Morgan fingerprint density at radius 2 is 1.89 bits per heavy atom. The summed E-state index contributed by atoms with van der Waals surface area (Å²) in [5.41, 5.74) is 0.476. The first-order chi connectivity index (χ1) is 8.93. The van der Waals surface area contributed by atoms with Gasteiger partial charge in [0.15, 0.2) is 0 Å². The van der Waals surface area contributed by atoms with Crippen LogP contribution >= 0.6 is 27.3 Å². The van der Waals surface area contributed by atoms with E-state index in [1.165, 1.54) is 35.0 Å². The van der Waals surface area contributed by atoms with Gasteiger partial charge in [0.2, 0.25) is 0 Å². The van der Waals surface area contributed by atoms with E-state index in [1.807, 2.05) is 11.3 Å². The van der Waals surface area contributed by atoms with Gasteiger partial charge in [-0.15, -0.1) is 11.3 Å². The van der Waals surface area contributed by atoms with Crippen molar-refractivity contribution in [3.63, 3.8) is 0 Å². The molecule has 0 aromatic carbocycles. The maximum Gasteiger partial charge on any atom is 0.0452 e. The van der Waals surface area contributed by atoms with Crippen molar-refractivity contribution in [2.45, 2.75) is 52.5 Å². The molecule has 0 saturated heterocycles. The van der Waals surface area contributed by atoms with E-state index in [0.29, 0.717) is 11.5 Å². The van der Waals surface area contributed by atoms with E-state index in [-0.39, 0.29) is 0 Å². The van der Waals surface area contributed by atoms with Gasteiger partial charge in [0, 0.05) is 15.4 Å². The molecule has 108 valence electrons. The van der Waals surface area contributed by atoms with E-state index in [1.54, 1.807) is 0 Å². The Labute approximate surface area is 130 Å². The molecule has 3 heteroatoms. The molecule has 1 unspecified atom stereocenters. The second kappa shape index (κ2) is 6.28. The summed E-state index contributed by atoms with van der Waals surface area (Å²) >= 11 is 5.56. The molecule has 2 rings (SSSR count). The van der Waals surface area contributed by atoms with Crippen molar-refractivity contribution in [3.8, 4) is 0 Å². The topological polar surface area (TPSA) is 12.0 Å². The molecular weight excluding hydrogens is 318 g/mol. The van der Waals surface area contributed by atoms with Crippen molar-refractivity contribution in [2.75, 3.05) is 7.05 Å². The van der Waals surface area contributed by atoms with E-state index >= 15 is 0 Å². The zero-order valence-electron chi connectivity index (χ0n) is 12.5. The van der Waals surface area contributed by atoms with Crippen LogP contribution in [-0.2, 0) is 0 Å². The molecule has 0 bridgehead atoms. The molecule has 0 amide bonds. The van der Waals surface area contributed by atoms with Crippen LogP contribution in [0.5, 0.6) is 0 Å². The van der Waals surface area contributed by atoms with Crippen LogP contribution in [0.2, 0.25) is 0 Å². The molecule has 1 N–H and O–H groups in total. The first-order valence-corrected chi connectivity index (χ1v) is 9.01. The fraction of sp³-hybridized carbons (Fsp3) is 0.750. The molecule has 19 heavy (non-hydrogen) atoms. The van der Waals surface area contributed by atoms with E-state index in [0.717, 1.165) is 11.8 Å². The zero-order valence-corrected chi connectivity index (χ0v) is 14.9. The van der Waals surface area contributed by atoms with Crippen molar-refractivity contribution in [3.05, 3.63) is 20.8 Å². The predicted molar refractivity (Wildman–Crippen MR) is 88.7 cm³/mol. The molecule has 1 heterocycles. The zero-order chi connectivity index (χ0) is 14.0. The lowest BCUT2D eigenvalue weighted by molar-refractivity contribution is 0.135. The predicted octanol–water partition coefficient (Wildman–Crippen LogP) is 5.62. The van der Waals surface area contributed by atoms with Gasteiger partial charge in [0.25, 0.3) is 0 Å². The Morgan fingerprint density at radius 3 is 2.32 bits per heavy atom. The summed E-state index contributed by atoms with van der Waals surface area (Å²) in [6.45, 7) is 7.18. The number of rotatable bonds is 3. The first kappa shape index (κ1) is 15.5. The maximum absolute atomic E-state index is 3.69. The van der Waals surface area contributed by atoms with Gasteiger partial charge in [-0.3, -0.25) is 0 Å². The molecule has 0 radical (unpaired) electrons. The Morgan fingerprint density at radius 1 is 1.26 bits per heavy atom. The van der Waals surface area contributed by atoms with E-state index in [2.05, 4.69) is 60.5 Å². The fourth-order valence-electron chi connectivity index (χ4n) is 3.43. The standard InChI is InChI=1S/C16H26BrNS/c1-16(2,3)12-7-5-11(6-8-12)14(18-4)15-13(17)9-10-19-15/h9-12,14,18H,5-8H2,1-4H3. The average molecular weight is 344 g/mol. The van der Waals surface area contributed by atoms with Crippen LogP contribution in [0.3, 0.4) is 0 Å². The smallest absolute Gasteiger partial charge is 0.0452 e. The fourth-order valence-corrected chi connectivity index (χ4v) is 5.25. The third-order valence-electron chi connectivity index (χ3n) is 4.71. The number of halogens is 1. The summed E-state index contributed by atoms with van der Waals surface area (Å²) in [7, 11) is 2.10. The second-order valence-electron chi connectivity index (χ2n) is 6.88. The monoisotopic (exact) mass is 343 g/mol. The highest BCUT2D eigenvalue weighted by atomic mass is 79.9. The van der Waals surface area contributed by atoms with Crippen LogP contribution in [0.25, 0.3) is 0 Å². The number of thiophene rings is 1. The Bertz CT molecular complexity index is 399. The number of hydrogen-bond acceptors (Lipinski definition) is 2. The molecular formula is C16H26BrNS. The van der Waals surface area contributed by atoms with Gasteiger partial charge in [-0.25, -0.2) is 0 Å². The van der Waals surface area contributed by atoms with Crippen LogP contribution in [0.1, 0.15) is 57.4 Å². The summed E-state index contributed by atoms with van der Waals surface area (Å²) in [5.74, 6) is 1.69. The molecule has 1 fully saturated rings. The summed E-state index contributed by atoms with van der Waals surface area (Å²) in [6, 6.07) is 2.70. The van der Waals surface area contributed by atoms with E-state index < -0.39 is 0 Å². The Hall–Kier alpha value is 0.140. The summed E-state index contributed by atoms with van der Waals surface area (Å²) < 4.78 is 1.27. The van der Waals surface area contributed by atoms with Crippen LogP contribution in [-0.4, -0.2) is 7.05 Å². The van der Waals surface area contributed by atoms with Crippen molar-refractivity contribution in [2.24, 2.45) is 17.3 Å². The molecule has 1 saturated carbocycles. The number of hydrogen-bond donors (Lipinski definition) is 1. The lowest BCUT2D eigenvalue weighted by atomic mass is 9.68. The highest BCUT2D eigenvalue weighted by Crippen LogP contribution is 2.45. The van der Waals surface area contributed by atoms with Crippen LogP contribution < -0.4 is 5.32 Å². The summed E-state index contributed by atoms with van der Waals surface area (Å²) in [4.78, 5) is 1.47. The highest BCUT2D eigenvalue weighted by Gasteiger charge is 2.33. The minimum absolute atomic E-state index is 0.476. The first-order valence-electron chi connectivity index (χ1n) is 7.33. The molecule has 1 aromatic rings. The minimum Gasteiger partial charge on any atom is -0.312 e. The maximum atomic E-state index is 3.69. The van der Waals surface area contributed by atoms with Gasteiger partial charge >= 0.3 is 0 Å². The van der Waals surface area contributed by atoms with Gasteiger partial charge in [-0.1, -0.05) is 20.8 Å². The van der Waals surface area contributed by atoms with Gasteiger partial charge in [0.05, 0.1) is 0 Å². The highest BCUT2D eigenvalue weighted by molar-refractivity contribution is 9.10. The SMILES string of the molecule is CNC(c1sccc1Br)C1CCC(C(C)(C)C)CC1. The lowest BCUT2D eigenvalue weighted by Gasteiger charge is -2.39. The second-order valence-corrected chi connectivity index (χ2v) is 8.68. The van der Waals surface area contributed by atoms with Crippen LogP contribution in [0.4, 0.5) is 0 Å². The van der Waals surface area contributed by atoms with Gasteiger partial charge < -0.3 is 5.32 Å². The summed E-state index contributed by atoms with van der Waals surface area (Å²) in [6.07, 6.45) is 5.49. The van der Waals surface area contributed by atoms with Crippen LogP contribution in [0, 0.1) is 17.3 Å². The molecule has 1 atom stereocenters. The van der Waals surface area contributed by atoms with Crippen molar-refractivity contribution >= 4 is 27.3 Å².